The molecule has 1 aromatic heterocycles. The van der Waals surface area contributed by atoms with Gasteiger partial charge in [0.25, 0.3) is 5.56 Å². The van der Waals surface area contributed by atoms with Gasteiger partial charge in [-0.1, -0.05) is 6.92 Å². The minimum absolute atomic E-state index is 0.113. The number of ether oxygens (including phenoxy) is 1. The third kappa shape index (κ3) is 4.59. The fraction of sp³-hybridized carbons (Fsp3) is 0.667. The number of rotatable bonds is 8. The molecule has 108 valence electrons. The van der Waals surface area contributed by atoms with Crippen LogP contribution in [0.2, 0.25) is 0 Å². The zero-order valence-corrected chi connectivity index (χ0v) is 12.8. The maximum Gasteiger partial charge on any atom is 0.283 e. The molecule has 0 amide bonds. The molecule has 0 aliphatic heterocycles. The molecule has 0 aromatic carbocycles. The summed E-state index contributed by atoms with van der Waals surface area (Å²) in [6.45, 7) is 2.99. The molecule has 0 aliphatic rings. The Morgan fingerprint density at radius 1 is 1.63 bits per heavy atom. The summed E-state index contributed by atoms with van der Waals surface area (Å²) in [5.74, 6) is 0. The first-order chi connectivity index (χ1) is 9.13. The normalized spacial score (nSPS) is 12.4. The Labute approximate surface area is 120 Å². The molecule has 0 bridgehead atoms. The Balaban J connectivity index is 2.86. The highest BCUT2D eigenvalue weighted by Crippen LogP contribution is 2.18. The summed E-state index contributed by atoms with van der Waals surface area (Å²) in [5, 5.41) is 16.3. The van der Waals surface area contributed by atoms with E-state index >= 15 is 0 Å². The molecular formula is C12H20BrN3O3. The molecular weight excluding hydrogens is 314 g/mol. The molecule has 0 saturated heterocycles. The number of halogens is 1. The Bertz CT molecular complexity index is 450. The lowest BCUT2D eigenvalue weighted by Gasteiger charge is -2.18. The molecule has 1 atom stereocenters. The van der Waals surface area contributed by atoms with Gasteiger partial charge in [0.2, 0.25) is 0 Å². The molecule has 0 aliphatic carbocycles. The van der Waals surface area contributed by atoms with E-state index in [1.807, 2.05) is 6.92 Å². The van der Waals surface area contributed by atoms with Crippen molar-refractivity contribution in [3.05, 3.63) is 21.0 Å². The Morgan fingerprint density at radius 2 is 2.37 bits per heavy atom. The van der Waals surface area contributed by atoms with Gasteiger partial charge < -0.3 is 15.2 Å². The second kappa shape index (κ2) is 8.29. The largest absolute Gasteiger partial charge is 0.396 e. The fourth-order valence-electron chi connectivity index (χ4n) is 1.66. The lowest BCUT2D eigenvalue weighted by Crippen LogP contribution is -2.28. The molecule has 1 aromatic rings. The first-order valence-corrected chi connectivity index (χ1v) is 7.05. The molecule has 19 heavy (non-hydrogen) atoms. The highest BCUT2D eigenvalue weighted by atomic mass is 79.9. The van der Waals surface area contributed by atoms with Gasteiger partial charge >= 0.3 is 0 Å². The van der Waals surface area contributed by atoms with Crippen molar-refractivity contribution in [2.24, 2.45) is 0 Å². The summed E-state index contributed by atoms with van der Waals surface area (Å²) in [6, 6.07) is 0.123. The lowest BCUT2D eigenvalue weighted by atomic mass is 10.1. The van der Waals surface area contributed by atoms with Crippen LogP contribution in [0.4, 0.5) is 5.69 Å². The van der Waals surface area contributed by atoms with E-state index in [-0.39, 0.29) is 18.2 Å². The molecule has 0 spiro atoms. The van der Waals surface area contributed by atoms with E-state index in [1.165, 1.54) is 4.68 Å². The van der Waals surface area contributed by atoms with Crippen LogP contribution in [0.25, 0.3) is 0 Å². The van der Waals surface area contributed by atoms with Crippen molar-refractivity contribution in [3.63, 3.8) is 0 Å². The molecule has 1 heterocycles. The maximum absolute atomic E-state index is 12.0. The average molecular weight is 334 g/mol. The van der Waals surface area contributed by atoms with Crippen LogP contribution >= 0.6 is 15.9 Å². The number of hydrogen-bond donors (Lipinski definition) is 2. The highest BCUT2D eigenvalue weighted by molar-refractivity contribution is 9.10. The number of methoxy groups -OCH3 is 1. The SMILES string of the molecule is CCC(CCO)Nc1cnn(CCOC)c(=O)c1Br. The molecule has 0 saturated carbocycles. The number of anilines is 1. The maximum atomic E-state index is 12.0. The smallest absolute Gasteiger partial charge is 0.283 e. The zero-order chi connectivity index (χ0) is 14.3. The lowest BCUT2D eigenvalue weighted by molar-refractivity contribution is 0.181. The van der Waals surface area contributed by atoms with E-state index < -0.39 is 0 Å². The number of aromatic nitrogens is 2. The van der Waals surface area contributed by atoms with Crippen LogP contribution in [0.5, 0.6) is 0 Å². The molecule has 1 rings (SSSR count). The third-order valence-corrected chi connectivity index (χ3v) is 3.59. The summed E-state index contributed by atoms with van der Waals surface area (Å²) < 4.78 is 6.73. The van der Waals surface area contributed by atoms with E-state index in [2.05, 4.69) is 26.3 Å². The number of nitrogens with one attached hydrogen (secondary N) is 1. The number of aliphatic hydroxyl groups is 1. The third-order valence-electron chi connectivity index (χ3n) is 2.82. The monoisotopic (exact) mass is 333 g/mol. The van der Waals surface area contributed by atoms with Crippen molar-refractivity contribution in [1.29, 1.82) is 0 Å². The molecule has 0 radical (unpaired) electrons. The predicted molar refractivity (Wildman–Crippen MR) is 77.5 cm³/mol. The Kier molecular flexibility index (Phi) is 7.04. The van der Waals surface area contributed by atoms with E-state index in [0.29, 0.717) is 29.7 Å². The van der Waals surface area contributed by atoms with Gasteiger partial charge in [-0.3, -0.25) is 4.79 Å². The number of aliphatic hydroxyl groups excluding tert-OH is 1. The van der Waals surface area contributed by atoms with E-state index in [9.17, 15) is 4.79 Å². The molecule has 0 fully saturated rings. The van der Waals surface area contributed by atoms with Gasteiger partial charge in [0.05, 0.1) is 25.0 Å². The summed E-state index contributed by atoms with van der Waals surface area (Å²) in [4.78, 5) is 12.0. The molecule has 2 N–H and O–H groups in total. The first kappa shape index (κ1) is 16.1. The van der Waals surface area contributed by atoms with Gasteiger partial charge in [-0.2, -0.15) is 5.10 Å². The molecule has 7 heteroatoms. The van der Waals surface area contributed by atoms with E-state index in [1.54, 1.807) is 13.3 Å². The summed E-state index contributed by atoms with van der Waals surface area (Å²) >= 11 is 3.29. The van der Waals surface area contributed by atoms with Crippen molar-refractivity contribution >= 4 is 21.6 Å². The van der Waals surface area contributed by atoms with E-state index in [0.717, 1.165) is 6.42 Å². The summed E-state index contributed by atoms with van der Waals surface area (Å²) in [5.41, 5.74) is 0.458. The molecule has 1 unspecified atom stereocenters. The number of nitrogens with zero attached hydrogens (tertiary/aromatic N) is 2. The van der Waals surface area contributed by atoms with Crippen LogP contribution in [-0.4, -0.2) is 41.3 Å². The average Bonchev–Trinajstić information content (AvgIpc) is 2.42. The standard InChI is InChI=1S/C12H20BrN3O3/c1-3-9(4-6-17)15-10-8-14-16(5-7-19-2)12(18)11(10)13/h8-9,15,17H,3-7H2,1-2H3. The quantitative estimate of drug-likeness (QED) is 0.748. The summed E-state index contributed by atoms with van der Waals surface area (Å²) in [6.07, 6.45) is 3.11. The number of hydrogen-bond acceptors (Lipinski definition) is 5. The zero-order valence-electron chi connectivity index (χ0n) is 11.2. The van der Waals surface area contributed by atoms with Crippen molar-refractivity contribution in [1.82, 2.24) is 9.78 Å². The van der Waals surface area contributed by atoms with Crippen molar-refractivity contribution in [2.45, 2.75) is 32.4 Å². The Morgan fingerprint density at radius 3 is 2.95 bits per heavy atom. The van der Waals surface area contributed by atoms with Gasteiger partial charge in [0, 0.05) is 19.8 Å². The topological polar surface area (TPSA) is 76.4 Å². The van der Waals surface area contributed by atoms with Crippen LogP contribution in [0.3, 0.4) is 0 Å². The second-order valence-corrected chi connectivity index (χ2v) is 4.95. The van der Waals surface area contributed by atoms with Crippen LogP contribution in [0, 0.1) is 0 Å². The Hall–Kier alpha value is -0.920. The first-order valence-electron chi connectivity index (χ1n) is 6.26. The van der Waals surface area contributed by atoms with Gasteiger partial charge in [-0.15, -0.1) is 0 Å². The minimum Gasteiger partial charge on any atom is -0.396 e. The van der Waals surface area contributed by atoms with E-state index in [4.69, 9.17) is 9.84 Å². The minimum atomic E-state index is -0.194. The van der Waals surface area contributed by atoms with Crippen LogP contribution in [0.1, 0.15) is 19.8 Å². The van der Waals surface area contributed by atoms with Crippen molar-refractivity contribution in [3.8, 4) is 0 Å². The molecule has 6 nitrogen and oxygen atoms in total. The predicted octanol–water partition coefficient (Wildman–Crippen LogP) is 1.23. The fourth-order valence-corrected chi connectivity index (χ4v) is 2.08. The van der Waals surface area contributed by atoms with Gasteiger partial charge in [0.15, 0.2) is 0 Å². The van der Waals surface area contributed by atoms with Gasteiger partial charge in [0.1, 0.15) is 4.47 Å². The van der Waals surface area contributed by atoms with Gasteiger partial charge in [-0.05, 0) is 28.8 Å². The second-order valence-electron chi connectivity index (χ2n) is 4.16. The van der Waals surface area contributed by atoms with Crippen LogP contribution < -0.4 is 10.9 Å². The van der Waals surface area contributed by atoms with Crippen LogP contribution in [-0.2, 0) is 11.3 Å². The summed E-state index contributed by atoms with van der Waals surface area (Å²) in [7, 11) is 1.58. The van der Waals surface area contributed by atoms with Crippen molar-refractivity contribution in [2.75, 3.05) is 25.6 Å². The van der Waals surface area contributed by atoms with Crippen LogP contribution in [0.15, 0.2) is 15.5 Å². The highest BCUT2D eigenvalue weighted by Gasteiger charge is 2.12. The van der Waals surface area contributed by atoms with Gasteiger partial charge in [-0.25, -0.2) is 4.68 Å². The van der Waals surface area contributed by atoms with Crippen molar-refractivity contribution < 1.29 is 9.84 Å².